The third-order valence-corrected chi connectivity index (χ3v) is 3.09. The molecule has 0 aromatic carbocycles. The van der Waals surface area contributed by atoms with Crippen molar-refractivity contribution in [1.29, 1.82) is 0 Å². The van der Waals surface area contributed by atoms with Crippen LogP contribution < -0.4 is 16.2 Å². The number of nitrogens with zero attached hydrogens (tertiary/aromatic N) is 2. The number of rotatable bonds is 0. The topological polar surface area (TPSA) is 76.0 Å². The van der Waals surface area contributed by atoms with Gasteiger partial charge in [-0.3, -0.25) is 15.4 Å². The molecule has 0 bridgehead atoms. The molecule has 2 amide bonds. The van der Waals surface area contributed by atoms with E-state index in [-0.39, 0.29) is 17.1 Å². The first kappa shape index (κ1) is 11.7. The van der Waals surface area contributed by atoms with Gasteiger partial charge in [0, 0.05) is 23.2 Å². The van der Waals surface area contributed by atoms with Gasteiger partial charge in [-0.15, -0.1) is 0 Å². The van der Waals surface area contributed by atoms with Crippen molar-refractivity contribution in [3.8, 4) is 0 Å². The minimum absolute atomic E-state index is 0.185. The summed E-state index contributed by atoms with van der Waals surface area (Å²) in [5, 5.41) is 6.98. The zero-order valence-corrected chi connectivity index (χ0v) is 10.9. The highest BCUT2D eigenvalue weighted by Gasteiger charge is 2.26. The van der Waals surface area contributed by atoms with Crippen molar-refractivity contribution < 1.29 is 4.79 Å². The highest BCUT2D eigenvalue weighted by atomic mass is 16.2. The Balaban J connectivity index is 2.47. The van der Waals surface area contributed by atoms with E-state index >= 15 is 0 Å². The maximum atomic E-state index is 11.7. The Morgan fingerprint density at radius 2 is 1.89 bits per heavy atom. The molecule has 0 radical (unpaired) electrons. The van der Waals surface area contributed by atoms with Crippen LogP contribution >= 0.6 is 0 Å². The van der Waals surface area contributed by atoms with Gasteiger partial charge < -0.3 is 4.57 Å². The maximum absolute atomic E-state index is 11.7. The van der Waals surface area contributed by atoms with Crippen molar-refractivity contribution in [3.63, 3.8) is 0 Å². The molecule has 0 unspecified atom stereocenters. The molecule has 0 spiro atoms. The third kappa shape index (κ3) is 1.76. The van der Waals surface area contributed by atoms with E-state index in [1.165, 1.54) is 6.07 Å². The predicted molar refractivity (Wildman–Crippen MR) is 73.6 cm³/mol. The summed E-state index contributed by atoms with van der Waals surface area (Å²) in [6.07, 6.45) is 1.92. The van der Waals surface area contributed by atoms with Gasteiger partial charge in [-0.05, 0) is 26.8 Å². The molecule has 19 heavy (non-hydrogen) atoms. The average molecular weight is 258 g/mol. The number of hydrogen-bond donors (Lipinski definition) is 2. The van der Waals surface area contributed by atoms with Gasteiger partial charge >= 0.3 is 6.03 Å². The first-order valence-electron chi connectivity index (χ1n) is 6.01. The standard InChI is InChI=1S/C13H14N4O2/c1-13(2,3)17-6-7-4-5-8(18)14-10-9(7)11(17)16-12(19)15-10/h4-6H,1-3H3,(H2,14,15,16,18,19). The average Bonchev–Trinajstić information content (AvgIpc) is 2.56. The normalized spacial score (nSPS) is 14.2. The van der Waals surface area contributed by atoms with Gasteiger partial charge in [-0.2, -0.15) is 4.98 Å². The van der Waals surface area contributed by atoms with Gasteiger partial charge in [0.15, 0.2) is 0 Å². The van der Waals surface area contributed by atoms with Crippen LogP contribution in [0.3, 0.4) is 0 Å². The molecular weight excluding hydrogens is 244 g/mol. The van der Waals surface area contributed by atoms with E-state index in [0.29, 0.717) is 11.6 Å². The number of urea groups is 1. The number of carbonyl (C=O) groups is 1. The van der Waals surface area contributed by atoms with Crippen molar-refractivity contribution in [2.75, 3.05) is 10.6 Å². The van der Waals surface area contributed by atoms with Gasteiger partial charge in [0.25, 0.3) is 5.56 Å². The molecular formula is C13H14N4O2. The minimum atomic E-state index is -0.379. The van der Waals surface area contributed by atoms with Crippen LogP contribution in [0, 0.1) is 0 Å². The first-order chi connectivity index (χ1) is 8.86. The van der Waals surface area contributed by atoms with Gasteiger partial charge in [0.2, 0.25) is 0 Å². The lowest BCUT2D eigenvalue weighted by atomic mass is 10.1. The number of carbonyl (C=O) groups excluding carboxylic acids is 1. The van der Waals surface area contributed by atoms with Crippen molar-refractivity contribution >= 4 is 28.4 Å². The van der Waals surface area contributed by atoms with Crippen molar-refractivity contribution in [1.82, 2.24) is 9.55 Å². The molecule has 6 nitrogen and oxygen atoms in total. The summed E-state index contributed by atoms with van der Waals surface area (Å²) in [6.45, 7) is 6.13. The smallest absolute Gasteiger partial charge is 0.326 e. The van der Waals surface area contributed by atoms with Crippen LogP contribution in [-0.4, -0.2) is 15.6 Å². The van der Waals surface area contributed by atoms with Crippen LogP contribution in [-0.2, 0) is 5.54 Å². The molecule has 6 heteroatoms. The first-order valence-corrected chi connectivity index (χ1v) is 6.01. The summed E-state index contributed by atoms with van der Waals surface area (Å²) >= 11 is 0. The molecule has 0 fully saturated rings. The Morgan fingerprint density at radius 3 is 2.58 bits per heavy atom. The number of anilines is 2. The number of hydrogen-bond acceptors (Lipinski definition) is 3. The summed E-state index contributed by atoms with van der Waals surface area (Å²) in [4.78, 5) is 27.1. The molecule has 1 aliphatic rings. The molecule has 0 aliphatic carbocycles. The minimum Gasteiger partial charge on any atom is -0.328 e. The predicted octanol–water partition coefficient (Wildman–Crippen LogP) is 2.11. The lowest BCUT2D eigenvalue weighted by molar-refractivity contribution is 0.261. The van der Waals surface area contributed by atoms with E-state index in [4.69, 9.17) is 0 Å². The molecule has 0 saturated carbocycles. The van der Waals surface area contributed by atoms with Crippen LogP contribution in [0.2, 0.25) is 0 Å². The molecule has 0 saturated heterocycles. The SMILES string of the molecule is CC(C)(C)n1cc2ccc(=O)nc3c2c1NC(=O)N3. The monoisotopic (exact) mass is 258 g/mol. The lowest BCUT2D eigenvalue weighted by Crippen LogP contribution is -2.30. The van der Waals surface area contributed by atoms with Crippen molar-refractivity contribution in [2.45, 2.75) is 26.3 Å². The van der Waals surface area contributed by atoms with Gasteiger partial charge in [-0.25, -0.2) is 4.79 Å². The quantitative estimate of drug-likeness (QED) is 0.759. The van der Waals surface area contributed by atoms with Crippen LogP contribution in [0.1, 0.15) is 20.8 Å². The highest BCUT2D eigenvalue weighted by molar-refractivity contribution is 6.16. The maximum Gasteiger partial charge on any atom is 0.326 e. The molecule has 2 aromatic rings. The summed E-state index contributed by atoms with van der Waals surface area (Å²) in [7, 11) is 0. The summed E-state index contributed by atoms with van der Waals surface area (Å²) < 4.78 is 1.98. The van der Waals surface area contributed by atoms with E-state index in [1.54, 1.807) is 6.07 Å². The summed E-state index contributed by atoms with van der Waals surface area (Å²) in [6, 6.07) is 2.75. The molecule has 2 N–H and O–H groups in total. The second-order valence-corrected chi connectivity index (χ2v) is 5.56. The fourth-order valence-corrected chi connectivity index (χ4v) is 2.25. The van der Waals surface area contributed by atoms with Crippen molar-refractivity contribution in [2.24, 2.45) is 0 Å². The van der Waals surface area contributed by atoms with Gasteiger partial charge in [0.1, 0.15) is 11.6 Å². The summed E-state index contributed by atoms with van der Waals surface area (Å²) in [5.41, 5.74) is -0.559. The molecule has 3 rings (SSSR count). The van der Waals surface area contributed by atoms with E-state index in [9.17, 15) is 9.59 Å². The van der Waals surface area contributed by atoms with Crippen LogP contribution in [0.4, 0.5) is 16.4 Å². The van der Waals surface area contributed by atoms with Gasteiger partial charge in [-0.1, -0.05) is 0 Å². The number of aromatic nitrogens is 2. The Bertz CT molecular complexity index is 756. The van der Waals surface area contributed by atoms with Crippen LogP contribution in [0.5, 0.6) is 0 Å². The van der Waals surface area contributed by atoms with E-state index < -0.39 is 0 Å². The summed E-state index contributed by atoms with van der Waals surface area (Å²) in [5.74, 6) is 0.983. The fraction of sp³-hybridized carbons (Fsp3) is 0.308. The molecule has 98 valence electrons. The zero-order chi connectivity index (χ0) is 13.8. The van der Waals surface area contributed by atoms with Crippen LogP contribution in [0.15, 0.2) is 23.1 Å². The van der Waals surface area contributed by atoms with E-state index in [2.05, 4.69) is 15.6 Å². The Labute approximate surface area is 109 Å². The van der Waals surface area contributed by atoms with Gasteiger partial charge in [0.05, 0.1) is 5.39 Å². The second-order valence-electron chi connectivity index (χ2n) is 5.56. The lowest BCUT2D eigenvalue weighted by Gasteiger charge is -2.26. The molecule has 0 atom stereocenters. The second kappa shape index (κ2) is 3.57. The zero-order valence-electron chi connectivity index (χ0n) is 10.9. The third-order valence-electron chi connectivity index (χ3n) is 3.09. The molecule has 2 aromatic heterocycles. The Hall–Kier alpha value is -2.37. The Morgan fingerprint density at radius 1 is 1.16 bits per heavy atom. The largest absolute Gasteiger partial charge is 0.328 e. The number of amides is 2. The molecule has 3 heterocycles. The fourth-order valence-electron chi connectivity index (χ4n) is 2.25. The Kier molecular flexibility index (Phi) is 2.20. The van der Waals surface area contributed by atoms with E-state index in [1.807, 2.05) is 31.5 Å². The number of nitrogens with one attached hydrogen (secondary N) is 2. The van der Waals surface area contributed by atoms with E-state index in [0.717, 1.165) is 10.8 Å². The van der Waals surface area contributed by atoms with Crippen LogP contribution in [0.25, 0.3) is 10.8 Å². The molecule has 1 aliphatic heterocycles. The highest BCUT2D eigenvalue weighted by Crippen LogP contribution is 2.36. The van der Waals surface area contributed by atoms with Crippen molar-refractivity contribution in [3.05, 3.63) is 28.7 Å².